The average molecular weight is 172 g/mol. The Bertz CT molecular complexity index is 43.6. The maximum absolute atomic E-state index is 5.23. The van der Waals surface area contributed by atoms with Gasteiger partial charge in [0.05, 0.1) is 0 Å². The molecule has 0 N–H and O–H groups in total. The molecule has 0 heterocycles. The van der Waals surface area contributed by atoms with Crippen LogP contribution in [0.1, 0.15) is 13.3 Å². The summed E-state index contributed by atoms with van der Waals surface area (Å²) < 4.78 is 0. The van der Waals surface area contributed by atoms with Crippen LogP contribution in [0, 0.1) is 0 Å². The van der Waals surface area contributed by atoms with E-state index >= 15 is 0 Å². The smallest absolute Gasteiger partial charge is 0.107 e. The monoisotopic (exact) mass is 171 g/mol. The van der Waals surface area contributed by atoms with Gasteiger partial charge < -0.3 is 4.90 Å². The number of halogens is 2. The van der Waals surface area contributed by atoms with Crippen LogP contribution in [0.3, 0.4) is 0 Å². The molecule has 0 fully saturated rings. The van der Waals surface area contributed by atoms with Crippen LogP contribution >= 0.6 is 23.2 Å². The van der Waals surface area contributed by atoms with Crippen molar-refractivity contribution < 1.29 is 0 Å². The van der Waals surface area contributed by atoms with E-state index in [4.69, 9.17) is 23.2 Å². The predicted octanol–water partition coefficient (Wildman–Crippen LogP) is 2.38. The Hall–Kier alpha value is 0.540. The fourth-order valence-electron chi connectivity index (χ4n) is 0. The highest BCUT2D eigenvalue weighted by Crippen LogP contribution is 2.03. The zero-order valence-electron chi connectivity index (χ0n) is 6.49. The summed E-state index contributed by atoms with van der Waals surface area (Å²) in [6.45, 7) is 1.94. The first kappa shape index (κ1) is 12.2. The summed E-state index contributed by atoms with van der Waals surface area (Å²) >= 11 is 10.5. The summed E-state index contributed by atoms with van der Waals surface area (Å²) in [5.74, 6) is 0. The number of rotatable bonds is 1. The molecule has 0 saturated heterocycles. The van der Waals surface area contributed by atoms with E-state index in [9.17, 15) is 0 Å². The largest absolute Gasteiger partial charge is 0.312 e. The molecule has 0 aliphatic heterocycles. The van der Waals surface area contributed by atoms with E-state index in [1.165, 1.54) is 0 Å². The van der Waals surface area contributed by atoms with Gasteiger partial charge in [0.2, 0.25) is 0 Å². The van der Waals surface area contributed by atoms with Gasteiger partial charge in [-0.2, -0.15) is 0 Å². The summed E-state index contributed by atoms with van der Waals surface area (Å²) in [5, 5.41) is 0. The number of alkyl halides is 2. The molecule has 0 aromatic carbocycles. The second-order valence-corrected chi connectivity index (χ2v) is 3.42. The zero-order valence-corrected chi connectivity index (χ0v) is 8.00. The minimum Gasteiger partial charge on any atom is -0.312 e. The second-order valence-electron chi connectivity index (χ2n) is 2.14. The minimum absolute atomic E-state index is 0.171. The molecule has 1 nitrogen and oxygen atoms in total. The third-order valence-electron chi connectivity index (χ3n) is 0.309. The van der Waals surface area contributed by atoms with Crippen LogP contribution in [0.2, 0.25) is 0 Å². The van der Waals surface area contributed by atoms with Crippen molar-refractivity contribution >= 4 is 23.2 Å². The standard InChI is InChI=1S/C3H6Cl2.C3H9N/c1-2-3(4)5;1-4(2)3/h3H,2H2,1H3;1-3H3. The molecular formula is C6H15Cl2N. The summed E-state index contributed by atoms with van der Waals surface area (Å²) in [5.41, 5.74) is 0. The predicted molar refractivity (Wildman–Crippen MR) is 45.4 cm³/mol. The van der Waals surface area contributed by atoms with Gasteiger partial charge in [0.1, 0.15) is 4.84 Å². The van der Waals surface area contributed by atoms with Crippen LogP contribution in [0.25, 0.3) is 0 Å². The zero-order chi connectivity index (χ0) is 7.86. The van der Waals surface area contributed by atoms with E-state index < -0.39 is 0 Å². The van der Waals surface area contributed by atoms with Gasteiger partial charge in [-0.05, 0) is 27.6 Å². The van der Waals surface area contributed by atoms with Crippen LogP contribution in [0.4, 0.5) is 0 Å². The first-order valence-electron chi connectivity index (χ1n) is 2.89. The highest BCUT2D eigenvalue weighted by molar-refractivity contribution is 6.44. The maximum atomic E-state index is 5.23. The van der Waals surface area contributed by atoms with Gasteiger partial charge in [0, 0.05) is 0 Å². The molecule has 0 aromatic rings. The van der Waals surface area contributed by atoms with Gasteiger partial charge in [-0.1, -0.05) is 6.92 Å². The average Bonchev–Trinajstić information content (AvgIpc) is 1.65. The summed E-state index contributed by atoms with van der Waals surface area (Å²) in [4.78, 5) is 1.83. The van der Waals surface area contributed by atoms with E-state index in [-0.39, 0.29) is 4.84 Å². The van der Waals surface area contributed by atoms with E-state index in [1.807, 2.05) is 33.0 Å². The normalized spacial score (nSPS) is 9.33. The van der Waals surface area contributed by atoms with Crippen molar-refractivity contribution in [3.05, 3.63) is 0 Å². The van der Waals surface area contributed by atoms with E-state index in [0.717, 1.165) is 6.42 Å². The first-order valence-corrected chi connectivity index (χ1v) is 3.77. The highest BCUT2D eigenvalue weighted by Gasteiger charge is 1.86. The summed E-state index contributed by atoms with van der Waals surface area (Å²) in [6.07, 6.45) is 0.836. The van der Waals surface area contributed by atoms with E-state index in [1.54, 1.807) is 0 Å². The van der Waals surface area contributed by atoms with E-state index in [0.29, 0.717) is 0 Å². The van der Waals surface area contributed by atoms with Crippen LogP contribution in [0.5, 0.6) is 0 Å². The Morgan fingerprint density at radius 1 is 1.22 bits per heavy atom. The molecule has 0 spiro atoms. The first-order chi connectivity index (χ1) is 4.00. The second kappa shape index (κ2) is 8.54. The third kappa shape index (κ3) is 56.6. The van der Waals surface area contributed by atoms with Crippen molar-refractivity contribution in [3.8, 4) is 0 Å². The quantitative estimate of drug-likeness (QED) is 0.549. The molecule has 0 radical (unpaired) electrons. The molecule has 58 valence electrons. The van der Waals surface area contributed by atoms with Crippen molar-refractivity contribution in [1.29, 1.82) is 0 Å². The Labute approximate surface area is 67.9 Å². The molecule has 0 amide bonds. The van der Waals surface area contributed by atoms with Crippen molar-refractivity contribution in [3.63, 3.8) is 0 Å². The fraction of sp³-hybridized carbons (Fsp3) is 1.00. The van der Waals surface area contributed by atoms with Gasteiger partial charge in [0.25, 0.3) is 0 Å². The van der Waals surface area contributed by atoms with Crippen molar-refractivity contribution in [2.75, 3.05) is 21.1 Å². The lowest BCUT2D eigenvalue weighted by Gasteiger charge is -1.90. The molecule has 9 heavy (non-hydrogen) atoms. The van der Waals surface area contributed by atoms with Gasteiger partial charge >= 0.3 is 0 Å². The molecule has 0 saturated carbocycles. The van der Waals surface area contributed by atoms with Crippen LogP contribution in [0.15, 0.2) is 0 Å². The molecule has 3 heteroatoms. The number of hydrogen-bond acceptors (Lipinski definition) is 1. The lowest BCUT2D eigenvalue weighted by atomic mass is 10.6. The molecule has 0 aromatic heterocycles. The highest BCUT2D eigenvalue weighted by atomic mass is 35.5. The Balaban J connectivity index is 0. The van der Waals surface area contributed by atoms with Crippen molar-refractivity contribution in [2.24, 2.45) is 0 Å². The summed E-state index contributed by atoms with van der Waals surface area (Å²) in [6, 6.07) is 0. The molecule has 0 unspecified atom stereocenters. The van der Waals surface area contributed by atoms with Gasteiger partial charge in [-0.25, -0.2) is 0 Å². The Morgan fingerprint density at radius 3 is 1.33 bits per heavy atom. The number of nitrogens with zero attached hydrogens (tertiary/aromatic N) is 1. The lowest BCUT2D eigenvalue weighted by molar-refractivity contribution is 0.505. The van der Waals surface area contributed by atoms with Crippen LogP contribution in [-0.2, 0) is 0 Å². The lowest BCUT2D eigenvalue weighted by Crippen LogP contribution is -1.99. The van der Waals surface area contributed by atoms with Crippen molar-refractivity contribution in [2.45, 2.75) is 18.2 Å². The fourth-order valence-corrected chi connectivity index (χ4v) is 0. The maximum Gasteiger partial charge on any atom is 0.107 e. The van der Waals surface area contributed by atoms with Gasteiger partial charge in [0.15, 0.2) is 0 Å². The van der Waals surface area contributed by atoms with E-state index in [2.05, 4.69) is 0 Å². The Morgan fingerprint density at radius 2 is 1.33 bits per heavy atom. The molecule has 0 aliphatic carbocycles. The molecular weight excluding hydrogens is 157 g/mol. The third-order valence-corrected chi connectivity index (χ3v) is 0.926. The molecule has 0 bridgehead atoms. The molecule has 0 atom stereocenters. The SMILES string of the molecule is CCC(Cl)Cl.CN(C)C. The van der Waals surface area contributed by atoms with Gasteiger partial charge in [-0.15, -0.1) is 23.2 Å². The van der Waals surface area contributed by atoms with Crippen molar-refractivity contribution in [1.82, 2.24) is 4.90 Å². The number of hydrogen-bond donors (Lipinski definition) is 0. The molecule has 0 rings (SSSR count). The Kier molecular flexibility index (Phi) is 11.6. The molecule has 0 aliphatic rings. The topological polar surface area (TPSA) is 3.24 Å². The van der Waals surface area contributed by atoms with Crippen LogP contribution in [-0.4, -0.2) is 30.9 Å². The minimum atomic E-state index is -0.171. The summed E-state index contributed by atoms with van der Waals surface area (Å²) in [7, 11) is 6.00. The van der Waals surface area contributed by atoms with Crippen LogP contribution < -0.4 is 0 Å². The van der Waals surface area contributed by atoms with Gasteiger partial charge in [-0.3, -0.25) is 0 Å².